The molecule has 174 valence electrons. The number of nitrogens with one attached hydrogen (secondary N) is 2. The van der Waals surface area contributed by atoms with Crippen molar-refractivity contribution in [2.45, 2.75) is 32.2 Å². The maximum absolute atomic E-state index is 12.4. The Bertz CT molecular complexity index is 1210. The number of anilines is 1. The Balaban J connectivity index is 1.32. The van der Waals surface area contributed by atoms with Crippen LogP contribution in [0.25, 0.3) is 11.1 Å². The number of ether oxygens (including phenoxy) is 1. The predicted octanol–water partition coefficient (Wildman–Crippen LogP) is 4.95. The third-order valence-corrected chi connectivity index (χ3v) is 5.88. The number of carboxylic acids is 1. The van der Waals surface area contributed by atoms with E-state index in [0.717, 1.165) is 27.8 Å². The zero-order chi connectivity index (χ0) is 24.2. The third-order valence-electron chi connectivity index (χ3n) is 5.88. The minimum absolute atomic E-state index is 0.0190. The number of amides is 2. The van der Waals surface area contributed by atoms with Crippen molar-refractivity contribution in [3.05, 3.63) is 89.0 Å². The summed E-state index contributed by atoms with van der Waals surface area (Å²) < 4.78 is 5.51. The maximum Gasteiger partial charge on any atom is 0.407 e. The molecule has 0 heterocycles. The van der Waals surface area contributed by atoms with Gasteiger partial charge in [0.15, 0.2) is 0 Å². The molecule has 0 bridgehead atoms. The van der Waals surface area contributed by atoms with Gasteiger partial charge in [-0.3, -0.25) is 4.79 Å². The number of hydrogen-bond acceptors (Lipinski definition) is 4. The topological polar surface area (TPSA) is 105 Å². The molecule has 0 fully saturated rings. The molecule has 3 aromatic carbocycles. The van der Waals surface area contributed by atoms with Gasteiger partial charge in [0.05, 0.1) is 11.3 Å². The fourth-order valence-electron chi connectivity index (χ4n) is 4.32. The quantitative estimate of drug-likeness (QED) is 0.465. The van der Waals surface area contributed by atoms with Gasteiger partial charge in [-0.2, -0.15) is 0 Å². The molecule has 2 amide bonds. The first kappa shape index (κ1) is 23.0. The van der Waals surface area contributed by atoms with E-state index < -0.39 is 24.0 Å². The lowest BCUT2D eigenvalue weighted by Crippen LogP contribution is -2.36. The molecule has 1 aliphatic rings. The highest BCUT2D eigenvalue weighted by atomic mass is 16.5. The molecule has 0 spiro atoms. The lowest BCUT2D eigenvalue weighted by Gasteiger charge is -2.17. The summed E-state index contributed by atoms with van der Waals surface area (Å²) in [5.74, 6) is -1.57. The standard InChI is InChI=1S/C27H26N2O5/c1-16-11-12-24(22(13-16)26(31)32)29-25(30)14-17(2)28-27(33)34-15-23-20-9-5-3-7-18(20)19-8-4-6-10-21(19)23/h3-13,17,23H,14-15H2,1-2H3,(H,28,33)(H,29,30)(H,31,32)/t17-/m0/s1. The number of hydrogen-bond donors (Lipinski definition) is 3. The van der Waals surface area contributed by atoms with Crippen LogP contribution in [-0.4, -0.2) is 35.7 Å². The second kappa shape index (κ2) is 9.79. The molecule has 7 heteroatoms. The van der Waals surface area contributed by atoms with Gasteiger partial charge in [-0.1, -0.05) is 60.2 Å². The van der Waals surface area contributed by atoms with Gasteiger partial charge < -0.3 is 20.5 Å². The van der Waals surface area contributed by atoms with E-state index in [1.165, 1.54) is 6.07 Å². The SMILES string of the molecule is Cc1ccc(NC(=O)C[C@H](C)NC(=O)OCC2c3ccccc3-c3ccccc32)c(C(=O)O)c1. The van der Waals surface area contributed by atoms with Crippen LogP contribution in [0.15, 0.2) is 66.7 Å². The minimum atomic E-state index is -1.12. The van der Waals surface area contributed by atoms with Crippen molar-refractivity contribution in [3.63, 3.8) is 0 Å². The van der Waals surface area contributed by atoms with Gasteiger partial charge in [0, 0.05) is 18.4 Å². The average Bonchev–Trinajstić information content (AvgIpc) is 3.12. The third kappa shape index (κ3) is 4.93. The van der Waals surface area contributed by atoms with Crippen LogP contribution >= 0.6 is 0 Å². The molecule has 34 heavy (non-hydrogen) atoms. The zero-order valence-corrected chi connectivity index (χ0v) is 19.0. The minimum Gasteiger partial charge on any atom is -0.478 e. The van der Waals surface area contributed by atoms with Crippen LogP contribution in [-0.2, 0) is 9.53 Å². The zero-order valence-electron chi connectivity index (χ0n) is 19.0. The average molecular weight is 459 g/mol. The molecule has 0 unspecified atom stereocenters. The molecular weight excluding hydrogens is 432 g/mol. The Hall–Kier alpha value is -4.13. The van der Waals surface area contributed by atoms with Gasteiger partial charge in [0.1, 0.15) is 6.61 Å². The maximum atomic E-state index is 12.4. The number of rotatable bonds is 7. The molecule has 0 saturated heterocycles. The molecule has 0 aliphatic heterocycles. The van der Waals surface area contributed by atoms with Crippen molar-refractivity contribution in [1.29, 1.82) is 0 Å². The molecule has 1 aliphatic carbocycles. The smallest absolute Gasteiger partial charge is 0.407 e. The molecule has 1 atom stereocenters. The number of benzene rings is 3. The molecule has 3 N–H and O–H groups in total. The number of aryl methyl sites for hydroxylation is 1. The van der Waals surface area contributed by atoms with Gasteiger partial charge in [-0.15, -0.1) is 0 Å². The highest BCUT2D eigenvalue weighted by Gasteiger charge is 2.29. The summed E-state index contributed by atoms with van der Waals surface area (Å²) >= 11 is 0. The first-order chi connectivity index (χ1) is 16.3. The number of carbonyl (C=O) groups is 3. The van der Waals surface area contributed by atoms with Crippen LogP contribution in [0.1, 0.15) is 46.3 Å². The van der Waals surface area contributed by atoms with E-state index in [1.54, 1.807) is 26.0 Å². The number of fused-ring (bicyclic) bond motifs is 3. The largest absolute Gasteiger partial charge is 0.478 e. The van der Waals surface area contributed by atoms with E-state index in [2.05, 4.69) is 22.8 Å². The normalized spacial score (nSPS) is 12.9. The monoisotopic (exact) mass is 458 g/mol. The first-order valence-corrected chi connectivity index (χ1v) is 11.1. The number of carbonyl (C=O) groups excluding carboxylic acids is 2. The lowest BCUT2D eigenvalue weighted by atomic mass is 9.98. The predicted molar refractivity (Wildman–Crippen MR) is 129 cm³/mol. The molecule has 0 radical (unpaired) electrons. The van der Waals surface area contributed by atoms with E-state index >= 15 is 0 Å². The van der Waals surface area contributed by atoms with Crippen molar-refractivity contribution in [3.8, 4) is 11.1 Å². The van der Waals surface area contributed by atoms with Crippen LogP contribution in [0.4, 0.5) is 10.5 Å². The fraction of sp³-hybridized carbons (Fsp3) is 0.222. The van der Waals surface area contributed by atoms with Crippen LogP contribution in [0.3, 0.4) is 0 Å². The second-order valence-corrected chi connectivity index (χ2v) is 8.48. The molecule has 0 aromatic heterocycles. The Morgan fingerprint density at radius 2 is 1.59 bits per heavy atom. The van der Waals surface area contributed by atoms with Crippen molar-refractivity contribution in [2.75, 3.05) is 11.9 Å². The highest BCUT2D eigenvalue weighted by molar-refractivity contribution is 6.00. The lowest BCUT2D eigenvalue weighted by molar-refractivity contribution is -0.116. The number of aromatic carboxylic acids is 1. The van der Waals surface area contributed by atoms with E-state index in [4.69, 9.17) is 4.74 Å². The van der Waals surface area contributed by atoms with Crippen LogP contribution in [0, 0.1) is 6.92 Å². The summed E-state index contributed by atoms with van der Waals surface area (Å²) in [5, 5.41) is 14.6. The molecule has 4 rings (SSSR count). The molecule has 0 saturated carbocycles. The van der Waals surface area contributed by atoms with Crippen LogP contribution in [0.2, 0.25) is 0 Å². The summed E-state index contributed by atoms with van der Waals surface area (Å²) in [7, 11) is 0. The van der Waals surface area contributed by atoms with E-state index in [-0.39, 0.29) is 30.2 Å². The van der Waals surface area contributed by atoms with Gasteiger partial charge in [-0.25, -0.2) is 9.59 Å². The Labute approximate surface area is 197 Å². The van der Waals surface area contributed by atoms with Crippen LogP contribution in [0.5, 0.6) is 0 Å². The van der Waals surface area contributed by atoms with E-state index in [0.29, 0.717) is 0 Å². The number of carboxylic acid groups (broad SMARTS) is 1. The number of alkyl carbamates (subject to hydrolysis) is 1. The summed E-state index contributed by atoms with van der Waals surface area (Å²) in [4.78, 5) is 36.3. The van der Waals surface area contributed by atoms with Gasteiger partial charge in [-0.05, 0) is 48.2 Å². The van der Waals surface area contributed by atoms with Crippen LogP contribution < -0.4 is 10.6 Å². The Kier molecular flexibility index (Phi) is 6.63. The van der Waals surface area contributed by atoms with Gasteiger partial charge in [0.2, 0.25) is 5.91 Å². The van der Waals surface area contributed by atoms with Crippen molar-refractivity contribution >= 4 is 23.7 Å². The van der Waals surface area contributed by atoms with Crippen molar-refractivity contribution in [2.24, 2.45) is 0 Å². The Morgan fingerprint density at radius 3 is 2.21 bits per heavy atom. The molecule has 7 nitrogen and oxygen atoms in total. The summed E-state index contributed by atoms with van der Waals surface area (Å²) in [6.07, 6.45) is -0.638. The van der Waals surface area contributed by atoms with Crippen molar-refractivity contribution < 1.29 is 24.2 Å². The second-order valence-electron chi connectivity index (χ2n) is 8.48. The van der Waals surface area contributed by atoms with E-state index in [1.807, 2.05) is 36.4 Å². The fourth-order valence-corrected chi connectivity index (χ4v) is 4.32. The summed E-state index contributed by atoms with van der Waals surface area (Å²) in [6, 6.07) is 20.4. The summed E-state index contributed by atoms with van der Waals surface area (Å²) in [5.41, 5.74) is 5.55. The Morgan fingerprint density at radius 1 is 0.971 bits per heavy atom. The molecular formula is C27H26N2O5. The van der Waals surface area contributed by atoms with Crippen molar-refractivity contribution in [1.82, 2.24) is 5.32 Å². The first-order valence-electron chi connectivity index (χ1n) is 11.1. The van der Waals surface area contributed by atoms with Gasteiger partial charge >= 0.3 is 12.1 Å². The highest BCUT2D eigenvalue weighted by Crippen LogP contribution is 2.44. The van der Waals surface area contributed by atoms with Gasteiger partial charge in [0.25, 0.3) is 0 Å². The summed E-state index contributed by atoms with van der Waals surface area (Å²) in [6.45, 7) is 3.65. The molecule has 3 aromatic rings. The van der Waals surface area contributed by atoms with E-state index in [9.17, 15) is 19.5 Å².